The Kier molecular flexibility index (Phi) is 6.34. The van der Waals surface area contributed by atoms with Crippen LogP contribution in [0.2, 0.25) is 0 Å². The first-order valence-electron chi connectivity index (χ1n) is 8.81. The number of nitrogens with zero attached hydrogens (tertiary/aromatic N) is 1. The van der Waals surface area contributed by atoms with Gasteiger partial charge in [0.15, 0.2) is 0 Å². The summed E-state index contributed by atoms with van der Waals surface area (Å²) in [5.74, 6) is 0.705. The number of aliphatic hydroxyl groups excluding tert-OH is 1. The monoisotopic (exact) mass is 296 g/mol. The van der Waals surface area contributed by atoms with E-state index in [1.54, 1.807) is 0 Å². The van der Waals surface area contributed by atoms with Gasteiger partial charge in [0.05, 0.1) is 6.10 Å². The van der Waals surface area contributed by atoms with Gasteiger partial charge in [-0.15, -0.1) is 0 Å². The highest BCUT2D eigenvalue weighted by Crippen LogP contribution is 2.24. The van der Waals surface area contributed by atoms with E-state index in [1.807, 2.05) is 0 Å². The minimum atomic E-state index is -0.160. The lowest BCUT2D eigenvalue weighted by Crippen LogP contribution is -2.52. The van der Waals surface area contributed by atoms with Crippen LogP contribution in [0.3, 0.4) is 0 Å². The van der Waals surface area contributed by atoms with E-state index in [1.165, 1.54) is 12.8 Å². The molecule has 2 rings (SSSR count). The summed E-state index contributed by atoms with van der Waals surface area (Å²) in [6, 6.07) is 0.814. The van der Waals surface area contributed by atoms with E-state index in [2.05, 4.69) is 24.1 Å². The van der Waals surface area contributed by atoms with E-state index in [0.29, 0.717) is 12.0 Å². The molecule has 4 nitrogen and oxygen atoms in total. The smallest absolute Gasteiger partial charge is 0.317 e. The summed E-state index contributed by atoms with van der Waals surface area (Å²) >= 11 is 0. The minimum absolute atomic E-state index is 0.129. The van der Waals surface area contributed by atoms with Crippen LogP contribution in [0.5, 0.6) is 0 Å². The number of urea groups is 1. The van der Waals surface area contributed by atoms with Crippen molar-refractivity contribution >= 4 is 6.03 Å². The average Bonchev–Trinajstić information content (AvgIpc) is 2.47. The summed E-state index contributed by atoms with van der Waals surface area (Å²) in [6.07, 6.45) is 9.18. The van der Waals surface area contributed by atoms with Gasteiger partial charge in [-0.3, -0.25) is 0 Å². The number of carbonyl (C=O) groups is 1. The van der Waals surface area contributed by atoms with E-state index in [4.69, 9.17) is 0 Å². The fourth-order valence-electron chi connectivity index (χ4n) is 3.57. The third-order valence-corrected chi connectivity index (χ3v) is 4.99. The molecule has 122 valence electrons. The Labute approximate surface area is 129 Å². The van der Waals surface area contributed by atoms with Crippen LogP contribution in [0.1, 0.15) is 71.6 Å². The van der Waals surface area contributed by atoms with Crippen molar-refractivity contribution in [2.45, 2.75) is 89.8 Å². The van der Waals surface area contributed by atoms with Crippen molar-refractivity contribution in [1.82, 2.24) is 10.2 Å². The van der Waals surface area contributed by atoms with Crippen molar-refractivity contribution in [2.24, 2.45) is 5.92 Å². The number of likely N-dealkylation sites (tertiary alicyclic amines) is 1. The molecule has 0 aromatic heterocycles. The fourth-order valence-corrected chi connectivity index (χ4v) is 3.57. The molecule has 1 heterocycles. The van der Waals surface area contributed by atoms with Crippen LogP contribution in [0.15, 0.2) is 0 Å². The van der Waals surface area contributed by atoms with Gasteiger partial charge >= 0.3 is 6.03 Å². The molecule has 2 amide bonds. The molecule has 1 saturated carbocycles. The lowest BCUT2D eigenvalue weighted by atomic mass is 9.93. The van der Waals surface area contributed by atoms with Gasteiger partial charge in [-0.2, -0.15) is 0 Å². The van der Waals surface area contributed by atoms with Gasteiger partial charge in [0.1, 0.15) is 0 Å². The second-order valence-electron chi connectivity index (χ2n) is 7.27. The third-order valence-electron chi connectivity index (χ3n) is 4.99. The largest absolute Gasteiger partial charge is 0.393 e. The summed E-state index contributed by atoms with van der Waals surface area (Å²) < 4.78 is 0. The molecule has 2 fully saturated rings. The van der Waals surface area contributed by atoms with Gasteiger partial charge in [0.2, 0.25) is 0 Å². The summed E-state index contributed by atoms with van der Waals surface area (Å²) in [6.45, 7) is 5.41. The maximum Gasteiger partial charge on any atom is 0.317 e. The molecule has 4 heteroatoms. The molecule has 0 bridgehead atoms. The maximum atomic E-state index is 12.6. The first-order chi connectivity index (χ1) is 10.1. The normalized spacial score (nSPS) is 30.5. The van der Waals surface area contributed by atoms with E-state index in [9.17, 15) is 9.90 Å². The van der Waals surface area contributed by atoms with Crippen molar-refractivity contribution < 1.29 is 9.90 Å². The molecule has 0 radical (unpaired) electrons. The average molecular weight is 296 g/mol. The molecule has 1 unspecified atom stereocenters. The Bertz CT molecular complexity index is 325. The zero-order chi connectivity index (χ0) is 15.2. The second kappa shape index (κ2) is 8.02. The van der Waals surface area contributed by atoms with Crippen LogP contribution in [-0.4, -0.2) is 40.8 Å². The topological polar surface area (TPSA) is 52.6 Å². The molecular weight excluding hydrogens is 264 g/mol. The molecule has 21 heavy (non-hydrogen) atoms. The molecule has 0 aromatic rings. The number of hydrogen-bond acceptors (Lipinski definition) is 2. The van der Waals surface area contributed by atoms with E-state index in [-0.39, 0.29) is 18.2 Å². The zero-order valence-electron chi connectivity index (χ0n) is 13.7. The summed E-state index contributed by atoms with van der Waals surface area (Å²) in [4.78, 5) is 14.6. The van der Waals surface area contributed by atoms with Gasteiger partial charge < -0.3 is 15.3 Å². The van der Waals surface area contributed by atoms with E-state index < -0.39 is 0 Å². The lowest BCUT2D eigenvalue weighted by Gasteiger charge is -2.38. The molecule has 0 aromatic carbocycles. The molecule has 2 aliphatic rings. The Morgan fingerprint density at radius 2 is 1.90 bits per heavy atom. The second-order valence-corrected chi connectivity index (χ2v) is 7.27. The van der Waals surface area contributed by atoms with Crippen molar-refractivity contribution in [1.29, 1.82) is 0 Å². The molecular formula is C17H32N2O2. The number of nitrogens with one attached hydrogen (secondary N) is 1. The zero-order valence-corrected chi connectivity index (χ0v) is 13.7. The number of piperidine rings is 1. The molecule has 1 aliphatic heterocycles. The molecule has 1 aliphatic carbocycles. The van der Waals surface area contributed by atoms with E-state index in [0.717, 1.165) is 51.5 Å². The molecule has 1 saturated heterocycles. The minimum Gasteiger partial charge on any atom is -0.393 e. The predicted octanol–water partition coefficient (Wildman–Crippen LogP) is 3.29. The maximum absolute atomic E-state index is 12.6. The van der Waals surface area contributed by atoms with Crippen molar-refractivity contribution in [3.05, 3.63) is 0 Å². The molecule has 0 spiro atoms. The first kappa shape index (κ1) is 16.6. The Balaban J connectivity index is 1.83. The standard InChI is InChI=1S/C17H32N2O2/c1-13(2)6-9-15-5-3-4-12-19(15)17(21)18-14-7-10-16(20)11-8-14/h13-16,20H,3-12H2,1-2H3,(H,18,21). The SMILES string of the molecule is CC(C)CCC1CCCCN1C(=O)NC1CCC(O)CC1. The van der Waals surface area contributed by atoms with Crippen LogP contribution < -0.4 is 5.32 Å². The van der Waals surface area contributed by atoms with Gasteiger partial charge in [-0.1, -0.05) is 13.8 Å². The summed E-state index contributed by atoms with van der Waals surface area (Å²) in [5, 5.41) is 12.8. The number of carbonyl (C=O) groups excluding carboxylic acids is 1. The highest BCUT2D eigenvalue weighted by molar-refractivity contribution is 5.75. The van der Waals surface area contributed by atoms with Gasteiger partial charge in [0.25, 0.3) is 0 Å². The number of aliphatic hydroxyl groups is 1. The summed E-state index contributed by atoms with van der Waals surface area (Å²) in [5.41, 5.74) is 0. The number of rotatable bonds is 4. The molecule has 1 atom stereocenters. The van der Waals surface area contributed by atoms with Gasteiger partial charge in [-0.05, 0) is 63.7 Å². The van der Waals surface area contributed by atoms with Crippen molar-refractivity contribution in [3.63, 3.8) is 0 Å². The predicted molar refractivity (Wildman–Crippen MR) is 85.2 cm³/mol. The van der Waals surface area contributed by atoms with Gasteiger partial charge in [0, 0.05) is 18.6 Å². The van der Waals surface area contributed by atoms with Crippen molar-refractivity contribution in [3.8, 4) is 0 Å². The van der Waals surface area contributed by atoms with Crippen molar-refractivity contribution in [2.75, 3.05) is 6.54 Å². The van der Waals surface area contributed by atoms with Crippen LogP contribution in [-0.2, 0) is 0 Å². The third kappa shape index (κ3) is 5.17. The lowest BCUT2D eigenvalue weighted by molar-refractivity contribution is 0.108. The Hall–Kier alpha value is -0.770. The number of hydrogen-bond donors (Lipinski definition) is 2. The van der Waals surface area contributed by atoms with Gasteiger partial charge in [-0.25, -0.2) is 4.79 Å². The fraction of sp³-hybridized carbons (Fsp3) is 0.941. The van der Waals surface area contributed by atoms with Crippen LogP contribution in [0.25, 0.3) is 0 Å². The first-order valence-corrected chi connectivity index (χ1v) is 8.81. The van der Waals surface area contributed by atoms with Crippen LogP contribution in [0, 0.1) is 5.92 Å². The van der Waals surface area contributed by atoms with Crippen LogP contribution in [0.4, 0.5) is 4.79 Å². The Morgan fingerprint density at radius 1 is 1.19 bits per heavy atom. The molecule has 2 N–H and O–H groups in total. The highest BCUT2D eigenvalue weighted by atomic mass is 16.3. The quantitative estimate of drug-likeness (QED) is 0.836. The Morgan fingerprint density at radius 3 is 2.57 bits per heavy atom. The van der Waals surface area contributed by atoms with Crippen LogP contribution >= 0.6 is 0 Å². The summed E-state index contributed by atoms with van der Waals surface area (Å²) in [7, 11) is 0. The van der Waals surface area contributed by atoms with E-state index >= 15 is 0 Å². The highest BCUT2D eigenvalue weighted by Gasteiger charge is 2.29. The number of amides is 2.